The summed E-state index contributed by atoms with van der Waals surface area (Å²) in [4.78, 5) is 10.8. The summed E-state index contributed by atoms with van der Waals surface area (Å²) < 4.78 is 4.46. The van der Waals surface area contributed by atoms with Crippen molar-refractivity contribution in [1.29, 1.82) is 0 Å². The van der Waals surface area contributed by atoms with Crippen molar-refractivity contribution < 1.29 is 9.53 Å². The van der Waals surface area contributed by atoms with Crippen LogP contribution in [0.5, 0.6) is 0 Å². The van der Waals surface area contributed by atoms with Gasteiger partial charge in [-0.05, 0) is 13.3 Å². The van der Waals surface area contributed by atoms with Gasteiger partial charge in [-0.2, -0.15) is 0 Å². The molecule has 0 spiro atoms. The second kappa shape index (κ2) is 3.37. The maximum atomic E-state index is 10.8. The largest absolute Gasteiger partial charge is 0.468 e. The van der Waals surface area contributed by atoms with Gasteiger partial charge in [0.1, 0.15) is 5.54 Å². The zero-order valence-electron chi connectivity index (χ0n) is 6.39. The maximum Gasteiger partial charge on any atom is 0.325 e. The van der Waals surface area contributed by atoms with E-state index in [-0.39, 0.29) is 0 Å². The number of hydrogen-bond donors (Lipinski definition) is 1. The van der Waals surface area contributed by atoms with Crippen molar-refractivity contribution in [2.24, 2.45) is 5.73 Å². The molecule has 0 fully saturated rings. The minimum Gasteiger partial charge on any atom is -0.468 e. The van der Waals surface area contributed by atoms with Crippen LogP contribution in [0.15, 0.2) is 12.7 Å². The van der Waals surface area contributed by atoms with E-state index in [9.17, 15) is 4.79 Å². The van der Waals surface area contributed by atoms with Gasteiger partial charge in [0.05, 0.1) is 7.11 Å². The summed E-state index contributed by atoms with van der Waals surface area (Å²) in [5.41, 5.74) is 4.62. The quantitative estimate of drug-likeness (QED) is 0.461. The van der Waals surface area contributed by atoms with E-state index in [0.717, 1.165) is 0 Å². The summed E-state index contributed by atoms with van der Waals surface area (Å²) in [7, 11) is 1.32. The molecular weight excluding hydrogens is 130 g/mol. The van der Waals surface area contributed by atoms with Crippen molar-refractivity contribution >= 4 is 5.97 Å². The van der Waals surface area contributed by atoms with Gasteiger partial charge in [-0.3, -0.25) is 4.79 Å². The summed E-state index contributed by atoms with van der Waals surface area (Å²) in [6.07, 6.45) is 2.02. The molecule has 3 nitrogen and oxygen atoms in total. The normalized spacial score (nSPS) is 15.5. The fourth-order valence-electron chi connectivity index (χ4n) is 0.616. The van der Waals surface area contributed by atoms with Crippen LogP contribution in [0, 0.1) is 0 Å². The van der Waals surface area contributed by atoms with E-state index in [1.54, 1.807) is 13.0 Å². The zero-order valence-corrected chi connectivity index (χ0v) is 6.39. The lowest BCUT2D eigenvalue weighted by Gasteiger charge is -2.18. The van der Waals surface area contributed by atoms with Crippen LogP contribution in [0.3, 0.4) is 0 Å². The number of rotatable bonds is 3. The van der Waals surface area contributed by atoms with Crippen LogP contribution in [0.2, 0.25) is 0 Å². The molecule has 0 saturated heterocycles. The highest BCUT2D eigenvalue weighted by Crippen LogP contribution is 2.07. The molecule has 0 unspecified atom stereocenters. The van der Waals surface area contributed by atoms with Gasteiger partial charge in [-0.1, -0.05) is 6.08 Å². The molecule has 0 bridgehead atoms. The van der Waals surface area contributed by atoms with Crippen molar-refractivity contribution in [1.82, 2.24) is 0 Å². The first-order chi connectivity index (χ1) is 4.54. The molecule has 58 valence electrons. The van der Waals surface area contributed by atoms with Crippen LogP contribution >= 0.6 is 0 Å². The lowest BCUT2D eigenvalue weighted by atomic mass is 10.0. The lowest BCUT2D eigenvalue weighted by Crippen LogP contribution is -2.45. The Hall–Kier alpha value is -0.830. The van der Waals surface area contributed by atoms with Crippen LogP contribution in [0.4, 0.5) is 0 Å². The van der Waals surface area contributed by atoms with Crippen LogP contribution in [0.25, 0.3) is 0 Å². The molecule has 1 atom stereocenters. The van der Waals surface area contributed by atoms with Crippen LogP contribution in [-0.2, 0) is 9.53 Å². The third-order valence-electron chi connectivity index (χ3n) is 1.22. The Bertz CT molecular complexity index is 141. The average Bonchev–Trinajstić information content (AvgIpc) is 1.86. The summed E-state index contributed by atoms with van der Waals surface area (Å²) in [6, 6.07) is 0. The van der Waals surface area contributed by atoms with Gasteiger partial charge in [0.15, 0.2) is 0 Å². The molecule has 3 heteroatoms. The summed E-state index contributed by atoms with van der Waals surface area (Å²) >= 11 is 0. The smallest absolute Gasteiger partial charge is 0.325 e. The summed E-state index contributed by atoms with van der Waals surface area (Å²) in [6.45, 7) is 5.09. The number of ether oxygens (including phenoxy) is 1. The summed E-state index contributed by atoms with van der Waals surface area (Å²) in [5, 5.41) is 0. The first kappa shape index (κ1) is 9.17. The van der Waals surface area contributed by atoms with Crippen LogP contribution < -0.4 is 5.73 Å². The Morgan fingerprint density at radius 2 is 2.40 bits per heavy atom. The van der Waals surface area contributed by atoms with Gasteiger partial charge in [0.2, 0.25) is 0 Å². The van der Waals surface area contributed by atoms with E-state index in [4.69, 9.17) is 5.73 Å². The van der Waals surface area contributed by atoms with Crippen molar-refractivity contribution in [2.75, 3.05) is 7.11 Å². The van der Waals surface area contributed by atoms with Crippen molar-refractivity contribution in [2.45, 2.75) is 18.9 Å². The van der Waals surface area contributed by atoms with Gasteiger partial charge in [-0.15, -0.1) is 6.58 Å². The van der Waals surface area contributed by atoms with Crippen molar-refractivity contribution in [3.05, 3.63) is 12.7 Å². The third-order valence-corrected chi connectivity index (χ3v) is 1.22. The Labute approximate surface area is 60.9 Å². The van der Waals surface area contributed by atoms with E-state index >= 15 is 0 Å². The number of esters is 1. The van der Waals surface area contributed by atoms with Crippen LogP contribution in [0.1, 0.15) is 13.3 Å². The Morgan fingerprint density at radius 1 is 1.90 bits per heavy atom. The van der Waals surface area contributed by atoms with Gasteiger partial charge in [-0.25, -0.2) is 0 Å². The Morgan fingerprint density at radius 3 is 2.70 bits per heavy atom. The maximum absolute atomic E-state index is 10.8. The number of hydrogen-bond acceptors (Lipinski definition) is 3. The minimum atomic E-state index is -0.920. The third kappa shape index (κ3) is 2.19. The molecule has 0 aliphatic carbocycles. The first-order valence-electron chi connectivity index (χ1n) is 3.03. The molecule has 0 rings (SSSR count). The molecule has 0 aliphatic rings. The second-order valence-corrected chi connectivity index (χ2v) is 2.40. The van der Waals surface area contributed by atoms with Crippen molar-refractivity contribution in [3.63, 3.8) is 0 Å². The molecule has 0 aromatic rings. The van der Waals surface area contributed by atoms with Gasteiger partial charge in [0.25, 0.3) is 0 Å². The fourth-order valence-corrected chi connectivity index (χ4v) is 0.616. The molecule has 0 amide bonds. The zero-order chi connectivity index (χ0) is 8.20. The molecule has 0 aliphatic heterocycles. The predicted octanol–water partition coefficient (Wildman–Crippen LogP) is 0.453. The highest BCUT2D eigenvalue weighted by atomic mass is 16.5. The van der Waals surface area contributed by atoms with E-state index in [1.807, 2.05) is 0 Å². The van der Waals surface area contributed by atoms with E-state index in [2.05, 4.69) is 11.3 Å². The molecule has 0 radical (unpaired) electrons. The van der Waals surface area contributed by atoms with E-state index < -0.39 is 11.5 Å². The topological polar surface area (TPSA) is 52.3 Å². The molecule has 0 saturated carbocycles. The SMILES string of the molecule is C=CC[C@@](C)(N)C(=O)OC. The fraction of sp³-hybridized carbons (Fsp3) is 0.571. The standard InChI is InChI=1S/C7H13NO2/c1-4-5-7(2,8)6(9)10-3/h4H,1,5,8H2,2-3H3/t7-/m1/s1. The molecule has 2 N–H and O–H groups in total. The first-order valence-corrected chi connectivity index (χ1v) is 3.03. The number of carbonyl (C=O) groups is 1. The highest BCUT2D eigenvalue weighted by molar-refractivity contribution is 5.80. The number of carbonyl (C=O) groups excluding carboxylic acids is 1. The minimum absolute atomic E-state index is 0.410. The molecule has 10 heavy (non-hydrogen) atoms. The van der Waals surface area contributed by atoms with E-state index in [1.165, 1.54) is 7.11 Å². The van der Waals surface area contributed by atoms with Gasteiger partial charge >= 0.3 is 5.97 Å². The second-order valence-electron chi connectivity index (χ2n) is 2.40. The lowest BCUT2D eigenvalue weighted by molar-refractivity contribution is -0.146. The monoisotopic (exact) mass is 143 g/mol. The number of methoxy groups -OCH3 is 1. The number of nitrogens with two attached hydrogens (primary N) is 1. The summed E-state index contributed by atoms with van der Waals surface area (Å²) in [5.74, 6) is -0.410. The van der Waals surface area contributed by atoms with E-state index in [0.29, 0.717) is 6.42 Å². The van der Waals surface area contributed by atoms with Gasteiger partial charge < -0.3 is 10.5 Å². The molecule has 0 aromatic heterocycles. The van der Waals surface area contributed by atoms with Gasteiger partial charge in [0, 0.05) is 0 Å². The van der Waals surface area contributed by atoms with Crippen LogP contribution in [-0.4, -0.2) is 18.6 Å². The predicted molar refractivity (Wildman–Crippen MR) is 39.4 cm³/mol. The van der Waals surface area contributed by atoms with Crippen molar-refractivity contribution in [3.8, 4) is 0 Å². The Balaban J connectivity index is 4.08. The Kier molecular flexibility index (Phi) is 3.09. The highest BCUT2D eigenvalue weighted by Gasteiger charge is 2.27. The molecular formula is C7H13NO2. The molecule has 0 heterocycles. The molecule has 0 aromatic carbocycles. The average molecular weight is 143 g/mol.